The Balaban J connectivity index is 1.93. The summed E-state index contributed by atoms with van der Waals surface area (Å²) in [6, 6.07) is 5.47. The zero-order valence-electron chi connectivity index (χ0n) is 11.2. The van der Waals surface area contributed by atoms with Gasteiger partial charge in [0.2, 0.25) is 6.54 Å². The summed E-state index contributed by atoms with van der Waals surface area (Å²) in [6.07, 6.45) is 6.12. The summed E-state index contributed by atoms with van der Waals surface area (Å²) in [6.45, 7) is 0.129. The Morgan fingerprint density at radius 1 is 1.52 bits per heavy atom. The summed E-state index contributed by atoms with van der Waals surface area (Å²) >= 11 is 0. The number of nitrogens with one attached hydrogen (secondary N) is 1. The molecule has 0 fully saturated rings. The molecule has 2 heterocycles. The molecule has 0 aliphatic carbocycles. The first-order valence-electron chi connectivity index (χ1n) is 6.00. The standard InChI is InChI=1S/C12H12N6O3/c1-16-10(7-13-12(16)18(20)21)8-14-15-11(19)9-17-5-3-2-4-6-17/h2-8H,9H2,1H3/p+1/b14-8-. The molecule has 0 bridgehead atoms. The lowest BCUT2D eigenvalue weighted by Gasteiger charge is -1.96. The van der Waals surface area contributed by atoms with Gasteiger partial charge in [-0.15, -0.1) is 0 Å². The van der Waals surface area contributed by atoms with Gasteiger partial charge in [-0.1, -0.05) is 11.1 Å². The minimum absolute atomic E-state index is 0.129. The van der Waals surface area contributed by atoms with Crippen LogP contribution in [0.1, 0.15) is 5.69 Å². The summed E-state index contributed by atoms with van der Waals surface area (Å²) < 4.78 is 2.96. The molecule has 1 amide bonds. The van der Waals surface area contributed by atoms with Crippen molar-refractivity contribution in [3.05, 3.63) is 52.6 Å². The van der Waals surface area contributed by atoms with Crippen molar-refractivity contribution in [1.29, 1.82) is 0 Å². The van der Waals surface area contributed by atoms with E-state index in [1.165, 1.54) is 24.0 Å². The summed E-state index contributed by atoms with van der Waals surface area (Å²) in [5, 5.41) is 14.4. The minimum Gasteiger partial charge on any atom is -0.390 e. The Labute approximate surface area is 119 Å². The number of pyridine rings is 1. The van der Waals surface area contributed by atoms with Crippen LogP contribution in [0.2, 0.25) is 0 Å². The van der Waals surface area contributed by atoms with E-state index in [-0.39, 0.29) is 18.4 Å². The minimum atomic E-state index is -0.595. The molecule has 9 heteroatoms. The highest BCUT2D eigenvalue weighted by Gasteiger charge is 2.15. The highest BCUT2D eigenvalue weighted by molar-refractivity contribution is 5.80. The molecule has 9 nitrogen and oxygen atoms in total. The Morgan fingerprint density at radius 2 is 2.24 bits per heavy atom. The van der Waals surface area contributed by atoms with E-state index < -0.39 is 4.92 Å². The number of hydrogen-bond acceptors (Lipinski definition) is 5. The van der Waals surface area contributed by atoms with Crippen LogP contribution in [-0.4, -0.2) is 26.6 Å². The quantitative estimate of drug-likeness (QED) is 0.355. The van der Waals surface area contributed by atoms with Gasteiger partial charge in [-0.05, 0) is 4.92 Å². The van der Waals surface area contributed by atoms with Gasteiger partial charge in [0, 0.05) is 12.1 Å². The van der Waals surface area contributed by atoms with Gasteiger partial charge in [-0.25, -0.2) is 9.99 Å². The monoisotopic (exact) mass is 289 g/mol. The SMILES string of the molecule is Cn1c(/C=N\NC(=O)C[n+]2ccccc2)cnc1[N+](=O)[O-]. The molecule has 21 heavy (non-hydrogen) atoms. The molecule has 0 unspecified atom stereocenters. The number of carbonyl (C=O) groups excluding carboxylic acids is 1. The van der Waals surface area contributed by atoms with Crippen LogP contribution >= 0.6 is 0 Å². The molecule has 0 saturated heterocycles. The average Bonchev–Trinajstić information content (AvgIpc) is 2.81. The van der Waals surface area contributed by atoms with Crippen molar-refractivity contribution in [2.75, 3.05) is 0 Å². The number of rotatable bonds is 5. The Morgan fingerprint density at radius 3 is 2.86 bits per heavy atom. The van der Waals surface area contributed by atoms with E-state index in [2.05, 4.69) is 15.5 Å². The third-order valence-corrected chi connectivity index (χ3v) is 2.65. The third kappa shape index (κ3) is 3.69. The van der Waals surface area contributed by atoms with E-state index in [1.54, 1.807) is 17.0 Å². The summed E-state index contributed by atoms with van der Waals surface area (Å²) in [5.74, 6) is -0.596. The van der Waals surface area contributed by atoms with Crippen molar-refractivity contribution >= 4 is 18.1 Å². The number of nitro groups is 1. The molecule has 1 N–H and O–H groups in total. The first-order chi connectivity index (χ1) is 10.1. The fourth-order valence-corrected chi connectivity index (χ4v) is 1.61. The van der Waals surface area contributed by atoms with Crippen molar-refractivity contribution in [3.8, 4) is 0 Å². The Bertz CT molecular complexity index is 680. The van der Waals surface area contributed by atoms with Crippen LogP contribution < -0.4 is 9.99 Å². The smallest absolute Gasteiger partial charge is 0.390 e. The zero-order valence-corrected chi connectivity index (χ0v) is 11.2. The van der Waals surface area contributed by atoms with Gasteiger partial charge in [-0.2, -0.15) is 9.67 Å². The number of carbonyl (C=O) groups is 1. The van der Waals surface area contributed by atoms with Crippen LogP contribution in [0, 0.1) is 10.1 Å². The first-order valence-corrected chi connectivity index (χ1v) is 6.00. The van der Waals surface area contributed by atoms with Crippen LogP contribution in [0.3, 0.4) is 0 Å². The molecule has 0 atom stereocenters. The van der Waals surface area contributed by atoms with Crippen LogP contribution in [0.25, 0.3) is 0 Å². The summed E-state index contributed by atoms with van der Waals surface area (Å²) in [4.78, 5) is 25.3. The van der Waals surface area contributed by atoms with Crippen molar-refractivity contribution in [3.63, 3.8) is 0 Å². The second-order valence-electron chi connectivity index (χ2n) is 4.14. The second-order valence-corrected chi connectivity index (χ2v) is 4.14. The molecule has 0 aliphatic rings. The Hall–Kier alpha value is -3.10. The van der Waals surface area contributed by atoms with E-state index in [1.807, 2.05) is 18.2 Å². The van der Waals surface area contributed by atoms with Gasteiger partial charge >= 0.3 is 11.9 Å². The van der Waals surface area contributed by atoms with Crippen molar-refractivity contribution in [2.24, 2.45) is 12.1 Å². The predicted octanol–water partition coefficient (Wildman–Crippen LogP) is -0.234. The lowest BCUT2D eigenvalue weighted by Crippen LogP contribution is -2.40. The molecule has 0 aromatic carbocycles. The van der Waals surface area contributed by atoms with Gasteiger partial charge in [0.05, 0.1) is 13.3 Å². The topological polar surface area (TPSA) is 106 Å². The second kappa shape index (κ2) is 6.37. The summed E-state index contributed by atoms with van der Waals surface area (Å²) in [7, 11) is 1.49. The molecular formula is C12H13N6O3+. The summed E-state index contributed by atoms with van der Waals surface area (Å²) in [5.41, 5.74) is 2.76. The normalized spacial score (nSPS) is 10.7. The van der Waals surface area contributed by atoms with Gasteiger partial charge in [0.1, 0.15) is 6.20 Å². The lowest BCUT2D eigenvalue weighted by molar-refractivity contribution is -0.684. The molecule has 2 aromatic rings. The first kappa shape index (κ1) is 14.3. The zero-order chi connectivity index (χ0) is 15.2. The van der Waals surface area contributed by atoms with Gasteiger partial charge in [0.25, 0.3) is 0 Å². The lowest BCUT2D eigenvalue weighted by atomic mass is 10.4. The molecule has 0 radical (unpaired) electrons. The molecule has 2 rings (SSSR count). The van der Waals surface area contributed by atoms with Crippen LogP contribution in [0.15, 0.2) is 41.9 Å². The number of hydrazone groups is 1. The van der Waals surface area contributed by atoms with Gasteiger partial charge in [-0.3, -0.25) is 4.79 Å². The maximum atomic E-state index is 11.6. The average molecular weight is 289 g/mol. The molecule has 0 spiro atoms. The number of nitrogens with zero attached hydrogens (tertiary/aromatic N) is 5. The van der Waals surface area contributed by atoms with E-state index in [0.717, 1.165) is 0 Å². The number of amides is 1. The van der Waals surface area contributed by atoms with Crippen LogP contribution in [-0.2, 0) is 18.4 Å². The number of hydrogen-bond donors (Lipinski definition) is 1. The van der Waals surface area contributed by atoms with Crippen molar-refractivity contribution in [2.45, 2.75) is 6.54 Å². The maximum absolute atomic E-state index is 11.6. The molecular weight excluding hydrogens is 276 g/mol. The van der Waals surface area contributed by atoms with Crippen LogP contribution in [0.5, 0.6) is 0 Å². The predicted molar refractivity (Wildman–Crippen MR) is 72.2 cm³/mol. The van der Waals surface area contributed by atoms with Gasteiger partial charge in [0.15, 0.2) is 18.1 Å². The fraction of sp³-hybridized carbons (Fsp3) is 0.167. The molecule has 108 valence electrons. The molecule has 2 aromatic heterocycles. The number of imidazole rings is 1. The molecule has 0 aliphatic heterocycles. The third-order valence-electron chi connectivity index (χ3n) is 2.65. The van der Waals surface area contributed by atoms with E-state index in [4.69, 9.17) is 0 Å². The van der Waals surface area contributed by atoms with Crippen molar-refractivity contribution < 1.29 is 14.3 Å². The highest BCUT2D eigenvalue weighted by atomic mass is 16.6. The van der Waals surface area contributed by atoms with Crippen LogP contribution in [0.4, 0.5) is 5.95 Å². The number of aromatic nitrogens is 3. The highest BCUT2D eigenvalue weighted by Crippen LogP contribution is 2.08. The van der Waals surface area contributed by atoms with Crippen molar-refractivity contribution in [1.82, 2.24) is 15.0 Å². The van der Waals surface area contributed by atoms with E-state index in [0.29, 0.717) is 5.69 Å². The maximum Gasteiger partial charge on any atom is 0.434 e. The Kier molecular flexibility index (Phi) is 4.34. The fourth-order valence-electron chi connectivity index (χ4n) is 1.61. The molecule has 0 saturated carbocycles. The van der Waals surface area contributed by atoms with E-state index >= 15 is 0 Å². The van der Waals surface area contributed by atoms with Gasteiger partial charge < -0.3 is 10.1 Å². The largest absolute Gasteiger partial charge is 0.434 e. The van der Waals surface area contributed by atoms with E-state index in [9.17, 15) is 14.9 Å².